The van der Waals surface area contributed by atoms with Crippen LogP contribution in [0.5, 0.6) is 0 Å². The van der Waals surface area contributed by atoms with Gasteiger partial charge in [0.1, 0.15) is 12.7 Å². The van der Waals surface area contributed by atoms with Crippen LogP contribution in [0.15, 0.2) is 85.1 Å². The van der Waals surface area contributed by atoms with E-state index in [1.54, 1.807) is 0 Å². The summed E-state index contributed by atoms with van der Waals surface area (Å²) in [6.07, 6.45) is 48.3. The molecule has 57 heavy (non-hydrogen) atoms. The minimum absolute atomic E-state index is 0.137. The maximum atomic E-state index is 12.6. The second-order valence-corrected chi connectivity index (χ2v) is 15.4. The Morgan fingerprint density at radius 1 is 0.544 bits per heavy atom. The van der Waals surface area contributed by atoms with Crippen LogP contribution in [0.1, 0.15) is 155 Å². The predicted molar refractivity (Wildman–Crippen MR) is 233 cm³/mol. The highest BCUT2D eigenvalue weighted by Gasteiger charge is 2.27. The number of hydrogen-bond donors (Lipinski definition) is 3. The number of hydrogen-bond acceptors (Lipinski definition) is 9. The first-order valence-electron chi connectivity index (χ1n) is 21.5. The normalized spacial score (nSPS) is 14.7. The Bertz CT molecular complexity index is 1220. The fourth-order valence-electron chi connectivity index (χ4n) is 5.22. The molecule has 0 aliphatic carbocycles. The molecule has 0 fully saturated rings. The molecule has 0 amide bonds. The van der Waals surface area contributed by atoms with Crippen molar-refractivity contribution in [2.24, 2.45) is 0 Å². The van der Waals surface area contributed by atoms with Gasteiger partial charge in [-0.1, -0.05) is 137 Å². The Hall–Kier alpha value is -2.85. The van der Waals surface area contributed by atoms with E-state index in [9.17, 15) is 24.2 Å². The van der Waals surface area contributed by atoms with E-state index in [0.717, 1.165) is 96.3 Å². The number of aliphatic hydroxyl groups is 2. The topological polar surface area (TPSA) is 149 Å². The van der Waals surface area contributed by atoms with Gasteiger partial charge in [0.15, 0.2) is 6.10 Å². The number of phosphoric acid groups is 1. The zero-order chi connectivity index (χ0) is 41.9. The highest BCUT2D eigenvalue weighted by molar-refractivity contribution is 7.47. The second-order valence-electron chi connectivity index (χ2n) is 14.0. The van der Waals surface area contributed by atoms with Crippen molar-refractivity contribution in [1.29, 1.82) is 0 Å². The molecular formula is C46H77O10P. The van der Waals surface area contributed by atoms with E-state index in [1.807, 2.05) is 0 Å². The largest absolute Gasteiger partial charge is 0.472 e. The van der Waals surface area contributed by atoms with E-state index in [-0.39, 0.29) is 19.4 Å². The van der Waals surface area contributed by atoms with Gasteiger partial charge in [-0.25, -0.2) is 4.57 Å². The van der Waals surface area contributed by atoms with E-state index in [4.69, 9.17) is 19.1 Å². The lowest BCUT2D eigenvalue weighted by Crippen LogP contribution is -2.29. The molecule has 0 saturated heterocycles. The molecule has 0 radical (unpaired) electrons. The molecular weight excluding hydrogens is 743 g/mol. The van der Waals surface area contributed by atoms with Gasteiger partial charge in [-0.15, -0.1) is 0 Å². The second kappa shape index (κ2) is 41.3. The van der Waals surface area contributed by atoms with Crippen LogP contribution in [0.3, 0.4) is 0 Å². The van der Waals surface area contributed by atoms with Gasteiger partial charge in [0.25, 0.3) is 0 Å². The minimum Gasteiger partial charge on any atom is -0.462 e. The van der Waals surface area contributed by atoms with Crippen molar-refractivity contribution in [1.82, 2.24) is 0 Å². The van der Waals surface area contributed by atoms with Crippen molar-refractivity contribution >= 4 is 19.8 Å². The summed E-state index contributed by atoms with van der Waals surface area (Å²) in [6, 6.07) is 0. The standard InChI is InChI=1S/C46H77O10P/c1-3-5-7-9-11-13-15-17-19-20-21-22-24-26-28-30-32-34-36-38-46(50)56-44(42-55-57(51,52)54-40-43(48)39-47)41-53-45(49)37-35-33-31-29-27-25-23-18-16-14-12-10-8-6-4-2/h5,7,11-14,17-19,21-23,26,28,43-44,47-48H,3-4,6,8-10,15-16,20,24-25,27,29-42H2,1-2H3,(H,51,52)/b7-5-,13-11-,14-12-,19-17-,22-21-,23-18-,28-26-/t43-,44+/m0/s1. The van der Waals surface area contributed by atoms with E-state index >= 15 is 0 Å². The Morgan fingerprint density at radius 3 is 1.47 bits per heavy atom. The number of allylic oxidation sites excluding steroid dienone is 14. The third-order valence-corrected chi connectivity index (χ3v) is 9.48. The molecule has 11 heteroatoms. The summed E-state index contributed by atoms with van der Waals surface area (Å²) in [5, 5.41) is 18.3. The Balaban J connectivity index is 4.41. The van der Waals surface area contributed by atoms with Gasteiger partial charge in [0.2, 0.25) is 0 Å². The lowest BCUT2D eigenvalue weighted by molar-refractivity contribution is -0.161. The third-order valence-electron chi connectivity index (χ3n) is 8.53. The molecule has 0 aromatic carbocycles. The quantitative estimate of drug-likeness (QED) is 0.0237. The molecule has 0 aliphatic heterocycles. The number of rotatable bonds is 39. The number of esters is 2. The highest BCUT2D eigenvalue weighted by atomic mass is 31.2. The SMILES string of the molecule is CC/C=C\C/C=C\C/C=C\C/C=C\C/C=C\CCCCCC(=O)O[C@H](COC(=O)CCCCCCC/C=C\C/C=C\CCCCC)COP(=O)(O)OC[C@@H](O)CO. The lowest BCUT2D eigenvalue weighted by Gasteiger charge is -2.20. The van der Waals surface area contributed by atoms with Gasteiger partial charge in [-0.2, -0.15) is 0 Å². The molecule has 3 atom stereocenters. The van der Waals surface area contributed by atoms with Crippen molar-refractivity contribution in [3.63, 3.8) is 0 Å². The fraction of sp³-hybridized carbons (Fsp3) is 0.652. The first-order chi connectivity index (χ1) is 27.7. The maximum Gasteiger partial charge on any atom is 0.472 e. The molecule has 326 valence electrons. The summed E-state index contributed by atoms with van der Waals surface area (Å²) in [4.78, 5) is 35.0. The van der Waals surface area contributed by atoms with Crippen LogP contribution in [0.25, 0.3) is 0 Å². The van der Waals surface area contributed by atoms with Crippen LogP contribution in [-0.2, 0) is 32.7 Å². The summed E-state index contributed by atoms with van der Waals surface area (Å²) < 4.78 is 32.7. The Kier molecular flexibility index (Phi) is 39.2. The first-order valence-corrected chi connectivity index (χ1v) is 23.0. The number of ether oxygens (including phenoxy) is 2. The molecule has 0 aliphatic rings. The van der Waals surface area contributed by atoms with Crippen molar-refractivity contribution in [3.05, 3.63) is 85.1 Å². The van der Waals surface area contributed by atoms with E-state index < -0.39 is 51.8 Å². The van der Waals surface area contributed by atoms with E-state index in [2.05, 4.69) is 103 Å². The molecule has 0 rings (SSSR count). The van der Waals surface area contributed by atoms with Crippen LogP contribution in [0, 0.1) is 0 Å². The number of unbranched alkanes of at least 4 members (excludes halogenated alkanes) is 11. The number of phosphoric ester groups is 1. The average molecular weight is 821 g/mol. The van der Waals surface area contributed by atoms with E-state index in [1.165, 1.54) is 19.3 Å². The maximum absolute atomic E-state index is 12.6. The minimum atomic E-state index is -4.64. The van der Waals surface area contributed by atoms with Gasteiger partial charge >= 0.3 is 19.8 Å². The predicted octanol–water partition coefficient (Wildman–Crippen LogP) is 11.4. The molecule has 0 saturated carbocycles. The van der Waals surface area contributed by atoms with Crippen molar-refractivity contribution in [3.8, 4) is 0 Å². The number of aliphatic hydroxyl groups excluding tert-OH is 2. The molecule has 0 heterocycles. The number of carbonyl (C=O) groups is 2. The molecule has 1 unspecified atom stereocenters. The highest BCUT2D eigenvalue weighted by Crippen LogP contribution is 2.43. The summed E-state index contributed by atoms with van der Waals surface area (Å²) in [6.45, 7) is 2.16. The monoisotopic (exact) mass is 821 g/mol. The van der Waals surface area contributed by atoms with Crippen LogP contribution in [0.2, 0.25) is 0 Å². The Morgan fingerprint density at radius 2 is 0.965 bits per heavy atom. The average Bonchev–Trinajstić information content (AvgIpc) is 3.20. The first kappa shape index (κ1) is 54.2. The van der Waals surface area contributed by atoms with Crippen LogP contribution in [-0.4, -0.2) is 65.7 Å². The van der Waals surface area contributed by atoms with Crippen molar-refractivity contribution in [2.75, 3.05) is 26.4 Å². The van der Waals surface area contributed by atoms with Crippen molar-refractivity contribution in [2.45, 2.75) is 167 Å². The summed E-state index contributed by atoms with van der Waals surface area (Å²) in [5.74, 6) is -0.987. The van der Waals surface area contributed by atoms with Crippen LogP contribution >= 0.6 is 7.82 Å². The van der Waals surface area contributed by atoms with Crippen molar-refractivity contribution < 1.29 is 47.8 Å². The van der Waals surface area contributed by atoms with Gasteiger partial charge in [0, 0.05) is 12.8 Å². The third kappa shape index (κ3) is 41.1. The smallest absolute Gasteiger partial charge is 0.462 e. The molecule has 0 aromatic heterocycles. The van der Waals surface area contributed by atoms with Crippen LogP contribution < -0.4 is 0 Å². The van der Waals surface area contributed by atoms with E-state index in [0.29, 0.717) is 12.8 Å². The van der Waals surface area contributed by atoms with Gasteiger partial charge in [-0.05, 0) is 89.9 Å². The number of carbonyl (C=O) groups excluding carboxylic acids is 2. The summed E-state index contributed by atoms with van der Waals surface area (Å²) >= 11 is 0. The fourth-order valence-corrected chi connectivity index (χ4v) is 6.01. The summed E-state index contributed by atoms with van der Waals surface area (Å²) in [7, 11) is -4.64. The zero-order valence-electron chi connectivity index (χ0n) is 35.3. The summed E-state index contributed by atoms with van der Waals surface area (Å²) in [5.41, 5.74) is 0. The Labute approximate surface area is 345 Å². The van der Waals surface area contributed by atoms with Crippen LogP contribution in [0.4, 0.5) is 0 Å². The zero-order valence-corrected chi connectivity index (χ0v) is 36.2. The lowest BCUT2D eigenvalue weighted by atomic mass is 10.1. The van der Waals surface area contributed by atoms with Gasteiger partial charge in [0.05, 0.1) is 19.8 Å². The molecule has 3 N–H and O–H groups in total. The van der Waals surface area contributed by atoms with Gasteiger partial charge < -0.3 is 24.6 Å². The van der Waals surface area contributed by atoms with Gasteiger partial charge in [-0.3, -0.25) is 18.6 Å². The molecule has 0 bridgehead atoms. The molecule has 0 aromatic rings. The molecule has 10 nitrogen and oxygen atoms in total. The molecule has 0 spiro atoms.